The van der Waals surface area contributed by atoms with E-state index in [0.717, 1.165) is 12.8 Å². The first-order chi connectivity index (χ1) is 4.95. The van der Waals surface area contributed by atoms with Crippen LogP contribution in [-0.4, -0.2) is 6.18 Å². The number of alkyl halides is 3. The molecule has 0 saturated carbocycles. The summed E-state index contributed by atoms with van der Waals surface area (Å²) in [6.07, 6.45) is -2.05. The summed E-state index contributed by atoms with van der Waals surface area (Å²) < 4.78 is 35.2. The summed E-state index contributed by atoms with van der Waals surface area (Å²) in [5.74, 6) is -0.213. The highest BCUT2D eigenvalue weighted by molar-refractivity contribution is 4.58. The number of rotatable bonds is 4. The van der Waals surface area contributed by atoms with Gasteiger partial charge >= 0.3 is 6.18 Å². The Hall–Kier alpha value is -0.210. The largest absolute Gasteiger partial charge is 0.389 e. The van der Waals surface area contributed by atoms with Crippen molar-refractivity contribution in [2.45, 2.75) is 45.7 Å². The highest BCUT2D eigenvalue weighted by Gasteiger charge is 2.29. The van der Waals surface area contributed by atoms with E-state index in [4.69, 9.17) is 0 Å². The van der Waals surface area contributed by atoms with Gasteiger partial charge in [-0.15, -0.1) is 0 Å². The van der Waals surface area contributed by atoms with Crippen LogP contribution >= 0.6 is 0 Å². The minimum atomic E-state index is -3.98. The van der Waals surface area contributed by atoms with Crippen LogP contribution in [0.25, 0.3) is 0 Å². The SMILES string of the molecule is CCCCC(C)CC(F)(F)F. The maximum absolute atomic E-state index is 11.7. The normalized spacial score (nSPS) is 15.0. The van der Waals surface area contributed by atoms with Gasteiger partial charge in [-0.25, -0.2) is 0 Å². The van der Waals surface area contributed by atoms with E-state index in [2.05, 4.69) is 0 Å². The first kappa shape index (κ1) is 10.8. The molecule has 0 saturated heterocycles. The highest BCUT2D eigenvalue weighted by Crippen LogP contribution is 2.26. The smallest absolute Gasteiger partial charge is 0.171 e. The molecule has 3 heteroatoms. The summed E-state index contributed by atoms with van der Waals surface area (Å²) in [6, 6.07) is 0. The molecule has 0 fully saturated rings. The van der Waals surface area contributed by atoms with Gasteiger partial charge in [-0.1, -0.05) is 33.1 Å². The lowest BCUT2D eigenvalue weighted by Crippen LogP contribution is -2.12. The van der Waals surface area contributed by atoms with Gasteiger partial charge in [0.15, 0.2) is 0 Å². The molecule has 0 aliphatic rings. The molecule has 0 amide bonds. The van der Waals surface area contributed by atoms with Crippen molar-refractivity contribution in [3.05, 3.63) is 0 Å². The maximum Gasteiger partial charge on any atom is 0.389 e. The molecule has 0 nitrogen and oxygen atoms in total. The first-order valence-corrected chi connectivity index (χ1v) is 4.02. The zero-order valence-corrected chi connectivity index (χ0v) is 7.04. The van der Waals surface area contributed by atoms with E-state index in [1.54, 1.807) is 6.92 Å². The number of hydrogen-bond acceptors (Lipinski definition) is 0. The van der Waals surface area contributed by atoms with E-state index < -0.39 is 12.6 Å². The van der Waals surface area contributed by atoms with Crippen molar-refractivity contribution in [1.82, 2.24) is 0 Å². The molecule has 0 N–H and O–H groups in total. The molecule has 0 rings (SSSR count). The fraction of sp³-hybridized carbons (Fsp3) is 1.00. The lowest BCUT2D eigenvalue weighted by atomic mass is 10.0. The molecule has 1 atom stereocenters. The van der Waals surface area contributed by atoms with E-state index in [0.29, 0.717) is 6.42 Å². The minimum absolute atomic E-state index is 0.213. The molecule has 1 unspecified atom stereocenters. The Bertz CT molecular complexity index is 96.0. The molecule has 0 aromatic heterocycles. The summed E-state index contributed by atoms with van der Waals surface area (Å²) in [4.78, 5) is 0. The van der Waals surface area contributed by atoms with Gasteiger partial charge in [-0.2, -0.15) is 13.2 Å². The fourth-order valence-corrected chi connectivity index (χ4v) is 1.05. The average molecular weight is 168 g/mol. The molecule has 0 aliphatic heterocycles. The van der Waals surface area contributed by atoms with Crippen molar-refractivity contribution >= 4 is 0 Å². The molecular weight excluding hydrogens is 153 g/mol. The van der Waals surface area contributed by atoms with E-state index in [-0.39, 0.29) is 5.92 Å². The van der Waals surface area contributed by atoms with Crippen molar-refractivity contribution in [2.75, 3.05) is 0 Å². The zero-order valence-electron chi connectivity index (χ0n) is 7.04. The van der Waals surface area contributed by atoms with E-state index >= 15 is 0 Å². The molecule has 0 bridgehead atoms. The molecule has 11 heavy (non-hydrogen) atoms. The van der Waals surface area contributed by atoms with Crippen LogP contribution in [0.1, 0.15) is 39.5 Å². The summed E-state index contributed by atoms with van der Waals surface area (Å²) in [5, 5.41) is 0. The van der Waals surface area contributed by atoms with Crippen LogP contribution in [0, 0.1) is 5.92 Å². The first-order valence-electron chi connectivity index (χ1n) is 4.02. The van der Waals surface area contributed by atoms with Gasteiger partial charge in [0.05, 0.1) is 0 Å². The standard InChI is InChI=1S/C8H15F3/c1-3-4-5-7(2)6-8(9,10)11/h7H,3-6H2,1-2H3. The summed E-state index contributed by atoms with van der Waals surface area (Å²) in [7, 11) is 0. The second-order valence-corrected chi connectivity index (χ2v) is 3.07. The van der Waals surface area contributed by atoms with Gasteiger partial charge in [0.1, 0.15) is 0 Å². The maximum atomic E-state index is 11.7. The molecule has 0 aromatic carbocycles. The van der Waals surface area contributed by atoms with Crippen LogP contribution in [0.2, 0.25) is 0 Å². The van der Waals surface area contributed by atoms with Crippen molar-refractivity contribution in [1.29, 1.82) is 0 Å². The van der Waals surface area contributed by atoms with Gasteiger partial charge in [-0.05, 0) is 5.92 Å². The van der Waals surface area contributed by atoms with Crippen LogP contribution in [0.4, 0.5) is 13.2 Å². The lowest BCUT2D eigenvalue weighted by molar-refractivity contribution is -0.143. The zero-order chi connectivity index (χ0) is 8.91. The van der Waals surface area contributed by atoms with Crippen LogP contribution < -0.4 is 0 Å². The Kier molecular flexibility index (Phi) is 4.54. The number of halogens is 3. The molecular formula is C8H15F3. The Morgan fingerprint density at radius 1 is 1.27 bits per heavy atom. The third-order valence-electron chi connectivity index (χ3n) is 1.63. The van der Waals surface area contributed by atoms with Gasteiger partial charge in [0.2, 0.25) is 0 Å². The molecule has 0 spiro atoms. The fourth-order valence-electron chi connectivity index (χ4n) is 1.05. The van der Waals surface area contributed by atoms with E-state index in [9.17, 15) is 13.2 Å². The average Bonchev–Trinajstić information content (AvgIpc) is 1.79. The Morgan fingerprint density at radius 3 is 2.18 bits per heavy atom. The second-order valence-electron chi connectivity index (χ2n) is 3.07. The van der Waals surface area contributed by atoms with Crippen LogP contribution in [0.3, 0.4) is 0 Å². The summed E-state index contributed by atoms with van der Waals surface area (Å²) in [6.45, 7) is 3.64. The van der Waals surface area contributed by atoms with Gasteiger partial charge in [0.25, 0.3) is 0 Å². The van der Waals surface area contributed by atoms with Gasteiger partial charge in [-0.3, -0.25) is 0 Å². The number of hydrogen-bond donors (Lipinski definition) is 0. The van der Waals surface area contributed by atoms with Gasteiger partial charge in [0, 0.05) is 6.42 Å². The monoisotopic (exact) mass is 168 g/mol. The second kappa shape index (κ2) is 4.62. The highest BCUT2D eigenvalue weighted by atomic mass is 19.4. The van der Waals surface area contributed by atoms with Crippen molar-refractivity contribution in [3.63, 3.8) is 0 Å². The molecule has 68 valence electrons. The molecule has 0 aromatic rings. The molecule has 0 heterocycles. The topological polar surface area (TPSA) is 0 Å². The molecule has 0 radical (unpaired) electrons. The summed E-state index contributed by atoms with van der Waals surface area (Å²) in [5.41, 5.74) is 0. The minimum Gasteiger partial charge on any atom is -0.171 e. The van der Waals surface area contributed by atoms with E-state index in [1.165, 1.54) is 0 Å². The van der Waals surface area contributed by atoms with Crippen molar-refractivity contribution in [2.24, 2.45) is 5.92 Å². The Labute approximate surface area is 65.8 Å². The predicted octanol–water partition coefficient (Wildman–Crippen LogP) is 3.77. The van der Waals surface area contributed by atoms with E-state index in [1.807, 2.05) is 6.92 Å². The van der Waals surface area contributed by atoms with Crippen LogP contribution in [0.15, 0.2) is 0 Å². The van der Waals surface area contributed by atoms with Crippen molar-refractivity contribution < 1.29 is 13.2 Å². The third kappa shape index (κ3) is 7.69. The lowest BCUT2D eigenvalue weighted by Gasteiger charge is -2.12. The van der Waals surface area contributed by atoms with Crippen molar-refractivity contribution in [3.8, 4) is 0 Å². The Morgan fingerprint density at radius 2 is 1.82 bits per heavy atom. The van der Waals surface area contributed by atoms with Crippen LogP contribution in [0.5, 0.6) is 0 Å². The number of unbranched alkanes of at least 4 members (excludes halogenated alkanes) is 1. The van der Waals surface area contributed by atoms with Gasteiger partial charge < -0.3 is 0 Å². The predicted molar refractivity (Wildman–Crippen MR) is 39.4 cm³/mol. The quantitative estimate of drug-likeness (QED) is 0.599. The Balaban J connectivity index is 3.44. The third-order valence-corrected chi connectivity index (χ3v) is 1.63. The molecule has 0 aliphatic carbocycles. The summed E-state index contributed by atoms with van der Waals surface area (Å²) >= 11 is 0. The van der Waals surface area contributed by atoms with Crippen LogP contribution in [-0.2, 0) is 0 Å².